The molecule has 18 heavy (non-hydrogen) atoms. The van der Waals surface area contributed by atoms with Crippen LogP contribution in [0.4, 0.5) is 11.4 Å². The Balaban J connectivity index is 2.08. The fourth-order valence-electron chi connectivity index (χ4n) is 1.45. The van der Waals surface area contributed by atoms with Crippen LogP contribution in [0.3, 0.4) is 0 Å². The Labute approximate surface area is 112 Å². The molecule has 0 saturated carbocycles. The molecule has 0 aliphatic rings. The number of non-ortho nitro benzene ring substituents is 1. The van der Waals surface area contributed by atoms with Crippen LogP contribution in [-0.2, 0) is 6.54 Å². The highest BCUT2D eigenvalue weighted by Gasteiger charge is 2.08. The summed E-state index contributed by atoms with van der Waals surface area (Å²) in [4.78, 5) is 14.4. The average Bonchev–Trinajstić information content (AvgIpc) is 2.38. The Morgan fingerprint density at radius 3 is 2.78 bits per heavy atom. The SMILES string of the molecule is O=[N+]([O-])c1ccc(NCc2ccccn2)c(Br)c1. The van der Waals surface area contributed by atoms with E-state index in [2.05, 4.69) is 26.2 Å². The predicted molar refractivity (Wildman–Crippen MR) is 72.4 cm³/mol. The number of pyridine rings is 1. The van der Waals surface area contributed by atoms with E-state index in [1.165, 1.54) is 12.1 Å². The van der Waals surface area contributed by atoms with Crippen molar-refractivity contribution in [2.24, 2.45) is 0 Å². The number of nitrogens with zero attached hydrogens (tertiary/aromatic N) is 2. The van der Waals surface area contributed by atoms with E-state index in [0.29, 0.717) is 11.0 Å². The van der Waals surface area contributed by atoms with Gasteiger partial charge in [0.05, 0.1) is 17.2 Å². The Hall–Kier alpha value is -1.95. The third kappa shape index (κ3) is 3.04. The number of nitro benzene ring substituents is 1. The molecular weight excluding hydrogens is 298 g/mol. The lowest BCUT2D eigenvalue weighted by molar-refractivity contribution is -0.384. The van der Waals surface area contributed by atoms with Gasteiger partial charge in [0, 0.05) is 28.5 Å². The summed E-state index contributed by atoms with van der Waals surface area (Å²) in [6, 6.07) is 10.3. The molecule has 0 unspecified atom stereocenters. The minimum Gasteiger partial charge on any atom is -0.378 e. The first-order valence-electron chi connectivity index (χ1n) is 5.24. The van der Waals surface area contributed by atoms with Gasteiger partial charge in [-0.15, -0.1) is 0 Å². The van der Waals surface area contributed by atoms with Crippen LogP contribution in [0, 0.1) is 10.1 Å². The zero-order chi connectivity index (χ0) is 13.0. The number of halogens is 1. The van der Waals surface area contributed by atoms with E-state index in [9.17, 15) is 10.1 Å². The molecule has 1 aromatic heterocycles. The fraction of sp³-hybridized carbons (Fsp3) is 0.0833. The van der Waals surface area contributed by atoms with Crippen molar-refractivity contribution in [3.05, 3.63) is 62.9 Å². The van der Waals surface area contributed by atoms with E-state index in [0.717, 1.165) is 11.4 Å². The van der Waals surface area contributed by atoms with Crippen molar-refractivity contribution in [1.82, 2.24) is 4.98 Å². The first-order valence-corrected chi connectivity index (χ1v) is 6.04. The van der Waals surface area contributed by atoms with E-state index < -0.39 is 4.92 Å². The molecule has 0 radical (unpaired) electrons. The van der Waals surface area contributed by atoms with Gasteiger partial charge in [0.2, 0.25) is 0 Å². The highest BCUT2D eigenvalue weighted by molar-refractivity contribution is 9.10. The first-order chi connectivity index (χ1) is 8.66. The fourth-order valence-corrected chi connectivity index (χ4v) is 1.96. The number of benzene rings is 1. The molecule has 6 heteroatoms. The van der Waals surface area contributed by atoms with Crippen molar-refractivity contribution in [3.63, 3.8) is 0 Å². The molecule has 0 spiro atoms. The second-order valence-corrected chi connectivity index (χ2v) is 4.45. The van der Waals surface area contributed by atoms with E-state index in [4.69, 9.17) is 0 Å². The van der Waals surface area contributed by atoms with Crippen LogP contribution >= 0.6 is 15.9 Å². The maximum absolute atomic E-state index is 10.6. The lowest BCUT2D eigenvalue weighted by Gasteiger charge is -2.07. The summed E-state index contributed by atoms with van der Waals surface area (Å²) in [6.45, 7) is 0.567. The average molecular weight is 308 g/mol. The maximum atomic E-state index is 10.6. The molecule has 0 saturated heterocycles. The van der Waals surface area contributed by atoms with Crippen molar-refractivity contribution in [1.29, 1.82) is 0 Å². The number of nitro groups is 1. The molecule has 1 N–H and O–H groups in total. The summed E-state index contributed by atoms with van der Waals surface area (Å²) in [5.74, 6) is 0. The number of nitrogens with one attached hydrogen (secondary N) is 1. The summed E-state index contributed by atoms with van der Waals surface area (Å²) in [5, 5.41) is 13.8. The molecular formula is C12H10BrN3O2. The van der Waals surface area contributed by atoms with Gasteiger partial charge >= 0.3 is 0 Å². The molecule has 2 aromatic rings. The minimum atomic E-state index is -0.423. The third-order valence-electron chi connectivity index (χ3n) is 2.35. The summed E-state index contributed by atoms with van der Waals surface area (Å²) in [5.41, 5.74) is 1.76. The summed E-state index contributed by atoms with van der Waals surface area (Å²) in [7, 11) is 0. The summed E-state index contributed by atoms with van der Waals surface area (Å²) >= 11 is 3.30. The maximum Gasteiger partial charge on any atom is 0.270 e. The van der Waals surface area contributed by atoms with Crippen LogP contribution < -0.4 is 5.32 Å². The highest BCUT2D eigenvalue weighted by Crippen LogP contribution is 2.27. The van der Waals surface area contributed by atoms with Crippen LogP contribution in [0.15, 0.2) is 47.1 Å². The Bertz CT molecular complexity index is 561. The van der Waals surface area contributed by atoms with Crippen LogP contribution in [0.5, 0.6) is 0 Å². The Morgan fingerprint density at radius 1 is 1.33 bits per heavy atom. The first kappa shape index (κ1) is 12.5. The Morgan fingerprint density at radius 2 is 2.17 bits per heavy atom. The zero-order valence-corrected chi connectivity index (χ0v) is 10.9. The monoisotopic (exact) mass is 307 g/mol. The normalized spacial score (nSPS) is 10.1. The van der Waals surface area contributed by atoms with Gasteiger partial charge in [0.1, 0.15) is 0 Å². The zero-order valence-electron chi connectivity index (χ0n) is 9.34. The largest absolute Gasteiger partial charge is 0.378 e. The third-order valence-corrected chi connectivity index (χ3v) is 3.01. The predicted octanol–water partition coefficient (Wildman–Crippen LogP) is 3.36. The van der Waals surface area contributed by atoms with Crippen molar-refractivity contribution in [2.75, 3.05) is 5.32 Å². The summed E-state index contributed by atoms with van der Waals surface area (Å²) < 4.78 is 0.660. The molecule has 0 fully saturated rings. The van der Waals surface area contributed by atoms with E-state index in [1.54, 1.807) is 12.3 Å². The molecule has 5 nitrogen and oxygen atoms in total. The molecule has 0 aliphatic heterocycles. The molecule has 2 rings (SSSR count). The van der Waals surface area contributed by atoms with Crippen molar-refractivity contribution >= 4 is 27.3 Å². The second kappa shape index (κ2) is 5.59. The van der Waals surface area contributed by atoms with E-state index in [1.807, 2.05) is 18.2 Å². The van der Waals surface area contributed by atoms with Crippen LogP contribution in [0.25, 0.3) is 0 Å². The Kier molecular flexibility index (Phi) is 3.88. The molecule has 1 heterocycles. The van der Waals surface area contributed by atoms with Gasteiger partial charge in [-0.1, -0.05) is 6.07 Å². The van der Waals surface area contributed by atoms with Gasteiger partial charge in [0.15, 0.2) is 0 Å². The number of hydrogen-bond donors (Lipinski definition) is 1. The topological polar surface area (TPSA) is 68.1 Å². The van der Waals surface area contributed by atoms with Crippen LogP contribution in [0.2, 0.25) is 0 Å². The van der Waals surface area contributed by atoms with Crippen molar-refractivity contribution in [3.8, 4) is 0 Å². The molecule has 0 aliphatic carbocycles. The highest BCUT2D eigenvalue weighted by atomic mass is 79.9. The van der Waals surface area contributed by atoms with E-state index in [-0.39, 0.29) is 5.69 Å². The van der Waals surface area contributed by atoms with Gasteiger partial charge in [-0.3, -0.25) is 15.1 Å². The number of rotatable bonds is 4. The standard InChI is InChI=1S/C12H10BrN3O2/c13-11-7-10(16(17)18)4-5-12(11)15-8-9-3-1-2-6-14-9/h1-7,15H,8H2. The molecule has 92 valence electrons. The second-order valence-electron chi connectivity index (χ2n) is 3.60. The van der Waals surface area contributed by atoms with Crippen molar-refractivity contribution in [2.45, 2.75) is 6.54 Å². The van der Waals surface area contributed by atoms with Crippen LogP contribution in [-0.4, -0.2) is 9.91 Å². The molecule has 0 atom stereocenters. The smallest absolute Gasteiger partial charge is 0.270 e. The number of anilines is 1. The summed E-state index contributed by atoms with van der Waals surface area (Å²) in [6.07, 6.45) is 1.72. The van der Waals surface area contributed by atoms with E-state index >= 15 is 0 Å². The molecule has 1 aromatic carbocycles. The van der Waals surface area contributed by atoms with Crippen LogP contribution in [0.1, 0.15) is 5.69 Å². The van der Waals surface area contributed by atoms with Gasteiger partial charge in [0.25, 0.3) is 5.69 Å². The van der Waals surface area contributed by atoms with Gasteiger partial charge in [-0.25, -0.2) is 0 Å². The van der Waals surface area contributed by atoms with Gasteiger partial charge in [-0.2, -0.15) is 0 Å². The lowest BCUT2D eigenvalue weighted by Crippen LogP contribution is -2.02. The van der Waals surface area contributed by atoms with Gasteiger partial charge < -0.3 is 5.32 Å². The van der Waals surface area contributed by atoms with Gasteiger partial charge in [-0.05, 0) is 34.1 Å². The lowest BCUT2D eigenvalue weighted by atomic mass is 10.2. The molecule has 0 bridgehead atoms. The minimum absolute atomic E-state index is 0.0604. The van der Waals surface area contributed by atoms with Crippen molar-refractivity contribution < 1.29 is 4.92 Å². The quantitative estimate of drug-likeness (QED) is 0.694. The number of aromatic nitrogens is 1. The number of hydrogen-bond acceptors (Lipinski definition) is 4. The molecule has 0 amide bonds.